The lowest BCUT2D eigenvalue weighted by Gasteiger charge is -2.24. The molecule has 0 spiro atoms. The maximum atomic E-state index is 13.6. The number of rotatable bonds is 19. The second-order valence-corrected chi connectivity index (χ2v) is 14.6. The van der Waals surface area contributed by atoms with Crippen molar-refractivity contribution in [3.63, 3.8) is 0 Å². The Kier molecular flexibility index (Phi) is 13.9. The van der Waals surface area contributed by atoms with Crippen LogP contribution in [-0.2, 0) is 22.9 Å². The molecular weight excluding hydrogens is 653 g/mol. The molecule has 0 saturated carbocycles. The molecule has 4 aromatic rings. The van der Waals surface area contributed by atoms with Crippen molar-refractivity contribution in [3.8, 4) is 0 Å². The van der Waals surface area contributed by atoms with Crippen molar-refractivity contribution in [2.24, 2.45) is 0 Å². The van der Waals surface area contributed by atoms with Gasteiger partial charge in [-0.2, -0.15) is 0 Å². The maximum absolute atomic E-state index is 13.6. The molecule has 1 amide bonds. The average Bonchev–Trinajstić information content (AvgIpc) is 3.08. The number of benzene rings is 4. The summed E-state index contributed by atoms with van der Waals surface area (Å²) in [5.74, 6) is -0.185. The SMILES string of the molecule is CN(C)CCCN(CCCN(C)C)C(=O)c1cccc(NS(=O)(=O)c2ccc(NC(Cc3ccccc3)Cc3ccccc3)c([N+](=O)[O-])c2)c1. The number of nitrogens with one attached hydrogen (secondary N) is 2. The molecule has 50 heavy (non-hydrogen) atoms. The highest BCUT2D eigenvalue weighted by atomic mass is 32.2. The molecule has 0 atom stereocenters. The molecule has 0 saturated heterocycles. The van der Waals surface area contributed by atoms with Gasteiger partial charge < -0.3 is 20.0 Å². The molecule has 266 valence electrons. The van der Waals surface area contributed by atoms with Crippen molar-refractivity contribution in [2.75, 3.05) is 64.4 Å². The van der Waals surface area contributed by atoms with E-state index in [1.54, 1.807) is 23.1 Å². The van der Waals surface area contributed by atoms with E-state index >= 15 is 0 Å². The molecule has 4 aromatic carbocycles. The summed E-state index contributed by atoms with van der Waals surface area (Å²) in [6.07, 6.45) is 2.81. The molecule has 4 rings (SSSR count). The van der Waals surface area contributed by atoms with E-state index in [0.717, 1.165) is 43.1 Å². The van der Waals surface area contributed by atoms with E-state index in [2.05, 4.69) is 19.8 Å². The van der Waals surface area contributed by atoms with E-state index in [9.17, 15) is 23.3 Å². The third-order valence-corrected chi connectivity index (χ3v) is 9.58. The highest BCUT2D eigenvalue weighted by Gasteiger charge is 2.24. The fraction of sp³-hybridized carbons (Fsp3) is 0.342. The Hall–Kier alpha value is -4.78. The van der Waals surface area contributed by atoms with E-state index < -0.39 is 14.9 Å². The monoisotopic (exact) mass is 700 g/mol. The first-order chi connectivity index (χ1) is 23.9. The Morgan fingerprint density at radius 3 is 1.82 bits per heavy atom. The molecule has 0 radical (unpaired) electrons. The van der Waals surface area contributed by atoms with Crippen LogP contribution in [-0.4, -0.2) is 94.4 Å². The molecule has 0 aliphatic rings. The standard InChI is InChI=1S/C38H48N6O5S/c1-41(2)22-12-24-43(25-13-23-42(3)4)38(45)32-18-11-19-33(28-32)40-50(48,49)35-20-21-36(37(29-35)44(46)47)39-34(26-30-14-7-5-8-15-30)27-31-16-9-6-10-17-31/h5-11,14-21,28-29,34,39-40H,12-13,22-27H2,1-4H3. The Bertz CT molecular complexity index is 1750. The Morgan fingerprint density at radius 1 is 0.740 bits per heavy atom. The van der Waals surface area contributed by atoms with Crippen molar-refractivity contribution >= 4 is 33.0 Å². The zero-order valence-electron chi connectivity index (χ0n) is 29.3. The van der Waals surface area contributed by atoms with Gasteiger partial charge in [-0.05, 0) is 108 Å². The fourth-order valence-corrected chi connectivity index (χ4v) is 6.80. The average molecular weight is 701 g/mol. The van der Waals surface area contributed by atoms with Crippen LogP contribution >= 0.6 is 0 Å². The number of nitro benzene ring substituents is 1. The number of sulfonamides is 1. The van der Waals surface area contributed by atoms with Gasteiger partial charge in [-0.25, -0.2) is 8.42 Å². The van der Waals surface area contributed by atoms with Gasteiger partial charge in [0, 0.05) is 36.4 Å². The molecule has 0 unspecified atom stereocenters. The van der Waals surface area contributed by atoms with Crippen LogP contribution in [0.1, 0.15) is 34.3 Å². The van der Waals surface area contributed by atoms with E-state index in [4.69, 9.17) is 0 Å². The minimum absolute atomic E-state index is 0.185. The van der Waals surface area contributed by atoms with Crippen LogP contribution in [0.15, 0.2) is 108 Å². The maximum Gasteiger partial charge on any atom is 0.293 e. The molecule has 0 bridgehead atoms. The highest BCUT2D eigenvalue weighted by molar-refractivity contribution is 7.92. The summed E-state index contributed by atoms with van der Waals surface area (Å²) in [6.45, 7) is 2.81. The van der Waals surface area contributed by atoms with Gasteiger partial charge in [0.15, 0.2) is 0 Å². The minimum atomic E-state index is -4.24. The summed E-state index contributed by atoms with van der Waals surface area (Å²) in [6, 6.07) is 29.7. The van der Waals surface area contributed by atoms with E-state index in [1.807, 2.05) is 88.9 Å². The van der Waals surface area contributed by atoms with Gasteiger partial charge in [0.2, 0.25) is 0 Å². The van der Waals surface area contributed by atoms with Crippen LogP contribution in [0.5, 0.6) is 0 Å². The van der Waals surface area contributed by atoms with Crippen LogP contribution in [0.25, 0.3) is 0 Å². The van der Waals surface area contributed by atoms with Gasteiger partial charge in [-0.15, -0.1) is 0 Å². The van der Waals surface area contributed by atoms with Crippen molar-refractivity contribution in [2.45, 2.75) is 36.6 Å². The van der Waals surface area contributed by atoms with E-state index in [1.165, 1.54) is 18.2 Å². The van der Waals surface area contributed by atoms with Crippen LogP contribution in [0.2, 0.25) is 0 Å². The number of carbonyl (C=O) groups is 1. The molecule has 0 fully saturated rings. The smallest absolute Gasteiger partial charge is 0.293 e. The van der Waals surface area contributed by atoms with Crippen LogP contribution < -0.4 is 10.0 Å². The van der Waals surface area contributed by atoms with Gasteiger partial charge in [0.25, 0.3) is 21.6 Å². The minimum Gasteiger partial charge on any atom is -0.376 e. The molecule has 0 aliphatic heterocycles. The first-order valence-electron chi connectivity index (χ1n) is 16.8. The number of nitro groups is 1. The summed E-state index contributed by atoms with van der Waals surface area (Å²) in [5.41, 5.74) is 2.55. The lowest BCUT2D eigenvalue weighted by atomic mass is 9.98. The van der Waals surface area contributed by atoms with E-state index in [0.29, 0.717) is 31.5 Å². The van der Waals surface area contributed by atoms with Crippen molar-refractivity contribution in [1.82, 2.24) is 14.7 Å². The number of carbonyl (C=O) groups excluding carboxylic acids is 1. The van der Waals surface area contributed by atoms with Crippen LogP contribution in [0.3, 0.4) is 0 Å². The van der Waals surface area contributed by atoms with Gasteiger partial charge >= 0.3 is 0 Å². The predicted molar refractivity (Wildman–Crippen MR) is 200 cm³/mol. The van der Waals surface area contributed by atoms with Gasteiger partial charge in [0.05, 0.1) is 9.82 Å². The van der Waals surface area contributed by atoms with Gasteiger partial charge in [-0.3, -0.25) is 19.6 Å². The molecule has 0 heterocycles. The third kappa shape index (κ3) is 11.7. The molecule has 12 heteroatoms. The molecule has 11 nitrogen and oxygen atoms in total. The highest BCUT2D eigenvalue weighted by Crippen LogP contribution is 2.30. The number of nitrogens with zero attached hydrogens (tertiary/aromatic N) is 4. The first-order valence-corrected chi connectivity index (χ1v) is 18.2. The normalized spacial score (nSPS) is 11.6. The summed E-state index contributed by atoms with van der Waals surface area (Å²) < 4.78 is 29.6. The molecule has 2 N–H and O–H groups in total. The lowest BCUT2D eigenvalue weighted by Crippen LogP contribution is -2.35. The molecule has 0 aliphatic carbocycles. The predicted octanol–water partition coefficient (Wildman–Crippen LogP) is 6.01. The summed E-state index contributed by atoms with van der Waals surface area (Å²) >= 11 is 0. The lowest BCUT2D eigenvalue weighted by molar-refractivity contribution is -0.384. The number of hydrogen-bond acceptors (Lipinski definition) is 8. The number of hydrogen-bond donors (Lipinski definition) is 2. The Labute approximate surface area is 296 Å². The quantitative estimate of drug-likeness (QED) is 0.0900. The number of amides is 1. The van der Waals surface area contributed by atoms with Crippen LogP contribution in [0, 0.1) is 10.1 Å². The first kappa shape index (κ1) is 38.0. The zero-order valence-corrected chi connectivity index (χ0v) is 30.1. The zero-order chi connectivity index (χ0) is 36.1. The third-order valence-electron chi connectivity index (χ3n) is 8.20. The Balaban J connectivity index is 1.54. The second kappa shape index (κ2) is 18.3. The van der Waals surface area contributed by atoms with Crippen molar-refractivity contribution in [3.05, 3.63) is 130 Å². The van der Waals surface area contributed by atoms with Gasteiger partial charge in [-0.1, -0.05) is 66.7 Å². The molecule has 0 aromatic heterocycles. The largest absolute Gasteiger partial charge is 0.376 e. The van der Waals surface area contributed by atoms with E-state index in [-0.39, 0.29) is 33.9 Å². The van der Waals surface area contributed by atoms with Crippen molar-refractivity contribution < 1.29 is 18.1 Å². The summed E-state index contributed by atoms with van der Waals surface area (Å²) in [4.78, 5) is 31.0. The van der Waals surface area contributed by atoms with Crippen molar-refractivity contribution in [1.29, 1.82) is 0 Å². The van der Waals surface area contributed by atoms with Gasteiger partial charge in [0.1, 0.15) is 5.69 Å². The number of anilines is 2. The summed E-state index contributed by atoms with van der Waals surface area (Å²) in [7, 11) is 3.71. The van der Waals surface area contributed by atoms with Crippen LogP contribution in [0.4, 0.5) is 17.1 Å². The fourth-order valence-electron chi connectivity index (χ4n) is 5.73. The summed E-state index contributed by atoms with van der Waals surface area (Å²) in [5, 5.41) is 15.6. The topological polar surface area (TPSA) is 128 Å². The Morgan fingerprint density at radius 2 is 1.30 bits per heavy atom. The second-order valence-electron chi connectivity index (χ2n) is 12.9. The molecular formula is C38H48N6O5S.